The molecule has 1 aromatic heterocycles. The lowest BCUT2D eigenvalue weighted by molar-refractivity contribution is -0.131. The molecule has 0 radical (unpaired) electrons. The van der Waals surface area contributed by atoms with Crippen LogP contribution in [0.5, 0.6) is 5.75 Å². The lowest BCUT2D eigenvalue weighted by Gasteiger charge is -2.40. The van der Waals surface area contributed by atoms with Crippen molar-refractivity contribution >= 4 is 35.8 Å². The van der Waals surface area contributed by atoms with Crippen LogP contribution in [0.15, 0.2) is 66.7 Å². The minimum absolute atomic E-state index is 0. The van der Waals surface area contributed by atoms with Gasteiger partial charge in [-0.3, -0.25) is 19.3 Å². The lowest BCUT2D eigenvalue weighted by Crippen LogP contribution is -2.52. The van der Waals surface area contributed by atoms with Crippen LogP contribution < -0.4 is 4.90 Å². The molecule has 10 nitrogen and oxygen atoms in total. The van der Waals surface area contributed by atoms with E-state index in [0.717, 1.165) is 79.9 Å². The first-order valence-corrected chi connectivity index (χ1v) is 18.7. The van der Waals surface area contributed by atoms with Gasteiger partial charge in [0.05, 0.1) is 18.8 Å². The van der Waals surface area contributed by atoms with E-state index in [0.29, 0.717) is 56.1 Å². The number of carbonyl (C=O) groups excluding carboxylic acids is 3. The number of carbonyl (C=O) groups is 3. The summed E-state index contributed by atoms with van der Waals surface area (Å²) in [6.07, 6.45) is 3.93. The third-order valence-corrected chi connectivity index (χ3v) is 11.4. The number of benzene rings is 3. The maximum atomic E-state index is 15.3. The Morgan fingerprint density at radius 2 is 1.57 bits per heavy atom. The smallest absolute Gasteiger partial charge is 0.259 e. The number of ether oxygens (including phenoxy) is 1. The van der Waals surface area contributed by atoms with Crippen molar-refractivity contribution < 1.29 is 24.2 Å². The van der Waals surface area contributed by atoms with Gasteiger partial charge in [0.1, 0.15) is 5.75 Å². The molecule has 11 heteroatoms. The number of morpholine rings is 1. The van der Waals surface area contributed by atoms with Crippen LogP contribution in [-0.2, 0) is 48.6 Å². The van der Waals surface area contributed by atoms with Crippen LogP contribution in [0.25, 0.3) is 11.3 Å². The van der Waals surface area contributed by atoms with Crippen molar-refractivity contribution in [2.45, 2.75) is 71.2 Å². The normalized spacial score (nSPS) is 18.1. The molecule has 278 valence electrons. The van der Waals surface area contributed by atoms with Gasteiger partial charge in [0.25, 0.3) is 11.8 Å². The van der Waals surface area contributed by atoms with Gasteiger partial charge in [-0.2, -0.15) is 0 Å². The number of hydrogen-bond donors (Lipinski definition) is 1. The summed E-state index contributed by atoms with van der Waals surface area (Å²) in [6, 6.07) is 21.2. The molecule has 4 aliphatic rings. The Balaban J connectivity index is 0.00000435. The van der Waals surface area contributed by atoms with Crippen LogP contribution >= 0.6 is 12.4 Å². The number of nitrogens with zero attached hydrogens (tertiary/aromatic N) is 5. The number of halogens is 1. The quantitative estimate of drug-likeness (QED) is 0.248. The minimum Gasteiger partial charge on any atom is -0.508 e. The first-order chi connectivity index (χ1) is 25.3. The molecule has 8 rings (SSSR count). The highest BCUT2D eigenvalue weighted by molar-refractivity contribution is 6.08. The summed E-state index contributed by atoms with van der Waals surface area (Å²) in [5.41, 5.74) is 9.10. The maximum Gasteiger partial charge on any atom is 0.259 e. The van der Waals surface area contributed by atoms with Crippen LogP contribution in [0.4, 0.5) is 5.69 Å². The summed E-state index contributed by atoms with van der Waals surface area (Å²) in [7, 11) is 1.76. The molecule has 1 atom stereocenters. The Kier molecular flexibility index (Phi) is 10.7. The molecule has 1 saturated heterocycles. The van der Waals surface area contributed by atoms with Crippen LogP contribution in [0.2, 0.25) is 0 Å². The average molecular weight is 738 g/mol. The molecular formula is C42H48ClN5O5. The van der Waals surface area contributed by atoms with E-state index in [4.69, 9.17) is 4.74 Å². The van der Waals surface area contributed by atoms with Crippen molar-refractivity contribution in [1.82, 2.24) is 19.3 Å². The fraction of sp³-hybridized carbons (Fsp3) is 0.405. The summed E-state index contributed by atoms with van der Waals surface area (Å²) in [5.74, 6) is 0.0837. The number of phenols is 1. The van der Waals surface area contributed by atoms with Crippen molar-refractivity contribution in [3.8, 4) is 17.0 Å². The predicted octanol–water partition coefficient (Wildman–Crippen LogP) is 6.05. The molecule has 3 amide bonds. The Labute approximate surface area is 317 Å². The molecule has 4 aliphatic heterocycles. The third kappa shape index (κ3) is 7.07. The van der Waals surface area contributed by atoms with Gasteiger partial charge in [0.2, 0.25) is 5.91 Å². The van der Waals surface area contributed by atoms with Gasteiger partial charge in [0.15, 0.2) is 0 Å². The molecular weight excluding hydrogens is 690 g/mol. The fourth-order valence-electron chi connectivity index (χ4n) is 8.52. The van der Waals surface area contributed by atoms with E-state index in [2.05, 4.69) is 38.6 Å². The standard InChI is InChI=1S/C42H47N5O5.ClH/c1-3-40(49)45-24-30-21-35(39-23-37(38-10-6-7-15-46(38)39)41(50)43(2)32-11-13-34(48)14-12-32)36(22-31(30)25-45)42(51)47-26-29-9-5-4-8-28(29)20-33(47)27-44-16-18-52-19-17-44;/h4-5,8-9,11-14,21-23,33,48H,3,6-7,10,15-20,24-27H2,1-2H3;1H/t33-;/m1./s1. The van der Waals surface area contributed by atoms with Gasteiger partial charge in [-0.25, -0.2) is 0 Å². The molecule has 0 saturated carbocycles. The number of hydrogen-bond acceptors (Lipinski definition) is 6. The van der Waals surface area contributed by atoms with Crippen molar-refractivity contribution in [3.63, 3.8) is 0 Å². The average Bonchev–Trinajstić information content (AvgIpc) is 3.78. The molecule has 0 unspecified atom stereocenters. The Morgan fingerprint density at radius 1 is 0.849 bits per heavy atom. The van der Waals surface area contributed by atoms with Gasteiger partial charge in [-0.1, -0.05) is 31.2 Å². The molecule has 3 aromatic carbocycles. The summed E-state index contributed by atoms with van der Waals surface area (Å²) in [4.78, 5) is 50.3. The van der Waals surface area contributed by atoms with Crippen LogP contribution in [0.1, 0.15) is 74.8 Å². The van der Waals surface area contributed by atoms with Crippen molar-refractivity contribution in [2.75, 3.05) is 44.8 Å². The van der Waals surface area contributed by atoms with E-state index in [1.165, 1.54) is 11.1 Å². The fourth-order valence-corrected chi connectivity index (χ4v) is 8.52. The highest BCUT2D eigenvalue weighted by atomic mass is 35.5. The van der Waals surface area contributed by atoms with Gasteiger partial charge >= 0.3 is 0 Å². The second-order valence-corrected chi connectivity index (χ2v) is 14.6. The lowest BCUT2D eigenvalue weighted by atomic mass is 9.91. The highest BCUT2D eigenvalue weighted by Crippen LogP contribution is 2.39. The minimum atomic E-state index is -0.130. The molecule has 0 spiro atoms. The van der Waals surface area contributed by atoms with Crippen LogP contribution in [-0.4, -0.2) is 88.0 Å². The van der Waals surface area contributed by atoms with Gasteiger partial charge in [0, 0.05) is 93.5 Å². The number of aromatic nitrogens is 1. The zero-order chi connectivity index (χ0) is 35.9. The highest BCUT2D eigenvalue weighted by Gasteiger charge is 2.36. The molecule has 1 fully saturated rings. The number of aromatic hydroxyl groups is 1. The zero-order valence-corrected chi connectivity index (χ0v) is 31.4. The van der Waals surface area contributed by atoms with E-state index in [9.17, 15) is 14.7 Å². The molecule has 0 aliphatic carbocycles. The Bertz CT molecular complexity index is 2020. The van der Waals surface area contributed by atoms with Gasteiger partial charge in [-0.15, -0.1) is 12.4 Å². The maximum absolute atomic E-state index is 15.3. The number of phenolic OH excluding ortho intramolecular Hbond substituents is 1. The van der Waals surface area contributed by atoms with E-state index >= 15 is 4.79 Å². The molecule has 5 heterocycles. The number of anilines is 1. The number of fused-ring (bicyclic) bond motifs is 3. The van der Waals surface area contributed by atoms with Crippen molar-refractivity contribution in [1.29, 1.82) is 0 Å². The van der Waals surface area contributed by atoms with Crippen molar-refractivity contribution in [2.24, 2.45) is 0 Å². The van der Waals surface area contributed by atoms with Crippen molar-refractivity contribution in [3.05, 3.63) is 106 Å². The Hall–Kier alpha value is -4.64. The summed E-state index contributed by atoms with van der Waals surface area (Å²) >= 11 is 0. The number of rotatable bonds is 7. The van der Waals surface area contributed by atoms with E-state index in [1.54, 1.807) is 36.2 Å². The third-order valence-electron chi connectivity index (χ3n) is 11.4. The van der Waals surface area contributed by atoms with E-state index in [1.807, 2.05) is 30.0 Å². The topological polar surface area (TPSA) is 98.6 Å². The van der Waals surface area contributed by atoms with Gasteiger partial charge in [-0.05, 0) is 90.4 Å². The largest absolute Gasteiger partial charge is 0.508 e. The zero-order valence-electron chi connectivity index (χ0n) is 30.6. The van der Waals surface area contributed by atoms with E-state index in [-0.39, 0.29) is 41.9 Å². The second-order valence-electron chi connectivity index (χ2n) is 14.6. The number of amides is 3. The predicted molar refractivity (Wildman–Crippen MR) is 207 cm³/mol. The molecule has 1 N–H and O–H groups in total. The summed E-state index contributed by atoms with van der Waals surface area (Å²) < 4.78 is 7.90. The van der Waals surface area contributed by atoms with Crippen LogP contribution in [0, 0.1) is 0 Å². The SMILES string of the molecule is CCC(=O)N1Cc2cc(C(=O)N3Cc4ccccc4C[C@@H]3CN3CCOCC3)c(-c3cc(C(=O)N(C)c4ccc(O)cc4)c4n3CCCC4)cc2C1.Cl. The summed E-state index contributed by atoms with van der Waals surface area (Å²) in [6.45, 7) is 7.99. The first kappa shape index (κ1) is 36.7. The Morgan fingerprint density at radius 3 is 2.30 bits per heavy atom. The monoisotopic (exact) mass is 737 g/mol. The van der Waals surface area contributed by atoms with E-state index < -0.39 is 0 Å². The summed E-state index contributed by atoms with van der Waals surface area (Å²) in [5, 5.41) is 9.85. The molecule has 4 aromatic rings. The van der Waals surface area contributed by atoms with Gasteiger partial charge < -0.3 is 29.1 Å². The van der Waals surface area contributed by atoms with Crippen LogP contribution in [0.3, 0.4) is 0 Å². The molecule has 0 bridgehead atoms. The second kappa shape index (κ2) is 15.4. The first-order valence-electron chi connectivity index (χ1n) is 18.7. The molecule has 53 heavy (non-hydrogen) atoms.